The van der Waals surface area contributed by atoms with E-state index in [1.54, 1.807) is 0 Å². The van der Waals surface area contributed by atoms with Crippen LogP contribution in [-0.4, -0.2) is 56.4 Å². The molecule has 1 aliphatic heterocycles. The second-order valence-corrected chi connectivity index (χ2v) is 9.19. The number of rotatable bonds is 20. The number of carbonyl (C=O) groups excluding carboxylic acids is 2. The van der Waals surface area contributed by atoms with Crippen molar-refractivity contribution in [1.82, 2.24) is 10.2 Å². The number of nitrogens with zero attached hydrogens (tertiary/aromatic N) is 1. The van der Waals surface area contributed by atoms with Gasteiger partial charge in [-0.15, -0.1) is 0 Å². The molecule has 1 N–H and O–H groups in total. The molecule has 0 unspecified atom stereocenters. The lowest BCUT2D eigenvalue weighted by molar-refractivity contribution is -0.121. The van der Waals surface area contributed by atoms with Gasteiger partial charge in [-0.1, -0.05) is 90.4 Å². The van der Waals surface area contributed by atoms with Crippen molar-refractivity contribution in [3.63, 3.8) is 0 Å². The lowest BCUT2D eigenvalue weighted by atomic mass is 10.0. The van der Waals surface area contributed by atoms with Gasteiger partial charge < -0.3 is 14.8 Å². The van der Waals surface area contributed by atoms with Crippen LogP contribution < -0.4 is 5.32 Å². The summed E-state index contributed by atoms with van der Waals surface area (Å²) in [4.78, 5) is 25.7. The van der Waals surface area contributed by atoms with Gasteiger partial charge in [0, 0.05) is 13.0 Å². The largest absolute Gasteiger partial charge is 0.508 e. The zero-order chi connectivity index (χ0) is 23.1. The molecule has 188 valence electrons. The summed E-state index contributed by atoms with van der Waals surface area (Å²) in [7, 11) is 0. The van der Waals surface area contributed by atoms with Crippen molar-refractivity contribution >= 4 is 12.1 Å². The van der Waals surface area contributed by atoms with Gasteiger partial charge in [0.15, 0.2) is 0 Å². The number of carbonyl (C=O) groups is 2. The minimum Gasteiger partial charge on any atom is -0.433 e. The molecule has 0 bridgehead atoms. The molecule has 0 aromatic carbocycles. The van der Waals surface area contributed by atoms with Gasteiger partial charge in [-0.3, -0.25) is 9.69 Å². The first-order valence-corrected chi connectivity index (χ1v) is 13.5. The third kappa shape index (κ3) is 18.3. The smallest absolute Gasteiger partial charge is 0.433 e. The van der Waals surface area contributed by atoms with Crippen LogP contribution in [0.1, 0.15) is 116 Å². The summed E-state index contributed by atoms with van der Waals surface area (Å²) in [5.74, 6) is 0.0372. The standard InChI is InChI=1S/C26H50N2O4/c1-2-3-4-5-6-7-8-9-10-11-12-13-15-18-25(29)27-19-23-31-26(30)32-24-22-28-20-16-14-17-21-28/h2-24H2,1H3,(H,27,29). The SMILES string of the molecule is CCCCCCCCCCCCCCCC(=O)NCCOC(=O)OCCN1CCCCC1. The average molecular weight is 455 g/mol. The molecule has 32 heavy (non-hydrogen) atoms. The number of hydrogen-bond acceptors (Lipinski definition) is 5. The molecule has 0 atom stereocenters. The van der Waals surface area contributed by atoms with E-state index in [2.05, 4.69) is 17.1 Å². The Morgan fingerprint density at radius 1 is 0.719 bits per heavy atom. The summed E-state index contributed by atoms with van der Waals surface area (Å²) in [5.41, 5.74) is 0. The molecule has 1 fully saturated rings. The van der Waals surface area contributed by atoms with E-state index in [9.17, 15) is 9.59 Å². The third-order valence-corrected chi connectivity index (χ3v) is 6.23. The van der Waals surface area contributed by atoms with Crippen LogP contribution in [0.15, 0.2) is 0 Å². The van der Waals surface area contributed by atoms with Crippen LogP contribution in [0.4, 0.5) is 4.79 Å². The second kappa shape index (κ2) is 21.5. The maximum Gasteiger partial charge on any atom is 0.508 e. The van der Waals surface area contributed by atoms with Gasteiger partial charge in [-0.25, -0.2) is 4.79 Å². The number of unbranched alkanes of at least 4 members (excludes halogenated alkanes) is 12. The molecule has 0 saturated carbocycles. The maximum atomic E-state index is 11.8. The van der Waals surface area contributed by atoms with E-state index in [0.29, 0.717) is 19.6 Å². The molecule has 1 rings (SSSR count). The van der Waals surface area contributed by atoms with Crippen LogP contribution in [-0.2, 0) is 14.3 Å². The minimum absolute atomic E-state index is 0.0372. The van der Waals surface area contributed by atoms with Crippen molar-refractivity contribution < 1.29 is 19.1 Å². The second-order valence-electron chi connectivity index (χ2n) is 9.19. The van der Waals surface area contributed by atoms with Crippen LogP contribution in [0.5, 0.6) is 0 Å². The van der Waals surface area contributed by atoms with Gasteiger partial charge >= 0.3 is 6.16 Å². The van der Waals surface area contributed by atoms with Gasteiger partial charge in [-0.2, -0.15) is 0 Å². The van der Waals surface area contributed by atoms with Crippen molar-refractivity contribution in [2.75, 3.05) is 39.4 Å². The first-order chi connectivity index (χ1) is 15.7. The normalized spacial score (nSPS) is 14.3. The van der Waals surface area contributed by atoms with Gasteiger partial charge in [0.2, 0.25) is 5.91 Å². The van der Waals surface area contributed by atoms with E-state index in [-0.39, 0.29) is 12.5 Å². The summed E-state index contributed by atoms with van der Waals surface area (Å²) in [6.07, 6.45) is 20.6. The predicted octanol–water partition coefficient (Wildman–Crippen LogP) is 6.22. The molecule has 1 amide bonds. The van der Waals surface area contributed by atoms with Crippen LogP contribution in [0, 0.1) is 0 Å². The number of hydrogen-bond donors (Lipinski definition) is 1. The fraction of sp³-hybridized carbons (Fsp3) is 0.923. The number of piperidine rings is 1. The van der Waals surface area contributed by atoms with Gasteiger partial charge in [0.05, 0.1) is 6.54 Å². The summed E-state index contributed by atoms with van der Waals surface area (Å²) >= 11 is 0. The van der Waals surface area contributed by atoms with E-state index in [1.165, 1.54) is 89.9 Å². The Kier molecular flexibility index (Phi) is 19.3. The number of nitrogens with one attached hydrogen (secondary N) is 1. The van der Waals surface area contributed by atoms with E-state index in [0.717, 1.165) is 32.5 Å². The van der Waals surface area contributed by atoms with Crippen molar-refractivity contribution in [1.29, 1.82) is 0 Å². The first-order valence-electron chi connectivity index (χ1n) is 13.5. The van der Waals surface area contributed by atoms with Crippen LogP contribution >= 0.6 is 0 Å². The van der Waals surface area contributed by atoms with Gasteiger partial charge in [0.1, 0.15) is 13.2 Å². The molecule has 0 aromatic heterocycles. The maximum absolute atomic E-state index is 11.8. The highest BCUT2D eigenvalue weighted by Gasteiger charge is 2.11. The van der Waals surface area contributed by atoms with E-state index in [4.69, 9.17) is 9.47 Å². The predicted molar refractivity (Wildman–Crippen MR) is 131 cm³/mol. The Hall–Kier alpha value is -1.30. The van der Waals surface area contributed by atoms with Crippen molar-refractivity contribution in [3.8, 4) is 0 Å². The van der Waals surface area contributed by atoms with E-state index in [1.807, 2.05) is 0 Å². The third-order valence-electron chi connectivity index (χ3n) is 6.23. The molecule has 1 heterocycles. The Morgan fingerprint density at radius 3 is 1.84 bits per heavy atom. The lowest BCUT2D eigenvalue weighted by Gasteiger charge is -2.25. The Labute approximate surface area is 197 Å². The zero-order valence-corrected chi connectivity index (χ0v) is 20.8. The number of ether oxygens (including phenoxy) is 2. The van der Waals surface area contributed by atoms with Crippen LogP contribution in [0.2, 0.25) is 0 Å². The zero-order valence-electron chi connectivity index (χ0n) is 20.8. The summed E-state index contributed by atoms with van der Waals surface area (Å²) in [5, 5.41) is 2.81. The van der Waals surface area contributed by atoms with Gasteiger partial charge in [0.25, 0.3) is 0 Å². The fourth-order valence-corrected chi connectivity index (χ4v) is 4.20. The Bertz CT molecular complexity index is 453. The fourth-order valence-electron chi connectivity index (χ4n) is 4.20. The molecule has 1 saturated heterocycles. The molecule has 6 nitrogen and oxygen atoms in total. The molecule has 0 aliphatic carbocycles. The topological polar surface area (TPSA) is 67.9 Å². The molecular weight excluding hydrogens is 404 g/mol. The van der Waals surface area contributed by atoms with Gasteiger partial charge in [-0.05, 0) is 32.4 Å². The molecular formula is C26H50N2O4. The molecule has 0 aromatic rings. The van der Waals surface area contributed by atoms with Crippen molar-refractivity contribution in [3.05, 3.63) is 0 Å². The Morgan fingerprint density at radius 2 is 1.25 bits per heavy atom. The quantitative estimate of drug-likeness (QED) is 0.175. The number of amides is 1. The summed E-state index contributed by atoms with van der Waals surface area (Å²) < 4.78 is 10.1. The van der Waals surface area contributed by atoms with Crippen molar-refractivity contribution in [2.24, 2.45) is 0 Å². The molecule has 1 aliphatic rings. The number of likely N-dealkylation sites (tertiary alicyclic amines) is 1. The summed E-state index contributed by atoms with van der Waals surface area (Å²) in [6.45, 7) is 6.08. The summed E-state index contributed by atoms with van der Waals surface area (Å²) in [6, 6.07) is 0. The Balaban J connectivity index is 1.78. The minimum atomic E-state index is -0.646. The van der Waals surface area contributed by atoms with Crippen LogP contribution in [0.3, 0.4) is 0 Å². The highest BCUT2D eigenvalue weighted by atomic mass is 16.7. The monoisotopic (exact) mass is 454 g/mol. The molecule has 0 radical (unpaired) electrons. The highest BCUT2D eigenvalue weighted by molar-refractivity contribution is 5.75. The van der Waals surface area contributed by atoms with Crippen molar-refractivity contribution in [2.45, 2.75) is 116 Å². The van der Waals surface area contributed by atoms with E-state index < -0.39 is 6.16 Å². The van der Waals surface area contributed by atoms with E-state index >= 15 is 0 Å². The highest BCUT2D eigenvalue weighted by Crippen LogP contribution is 2.13. The lowest BCUT2D eigenvalue weighted by Crippen LogP contribution is -2.33. The first kappa shape index (κ1) is 28.7. The average Bonchev–Trinajstić information content (AvgIpc) is 2.80. The molecule has 6 heteroatoms. The molecule has 0 spiro atoms. The van der Waals surface area contributed by atoms with Crippen LogP contribution in [0.25, 0.3) is 0 Å².